The summed E-state index contributed by atoms with van der Waals surface area (Å²) in [5, 5.41) is 2.49. The third kappa shape index (κ3) is 2.53. The van der Waals surface area contributed by atoms with E-state index < -0.39 is 0 Å². The Balaban J connectivity index is 1.42. The quantitative estimate of drug-likeness (QED) is 0.723. The van der Waals surface area contributed by atoms with E-state index >= 15 is 0 Å². The first-order valence-electron chi connectivity index (χ1n) is 8.82. The van der Waals surface area contributed by atoms with Crippen molar-refractivity contribution in [1.82, 2.24) is 14.9 Å². The van der Waals surface area contributed by atoms with Gasteiger partial charge in [0.2, 0.25) is 0 Å². The predicted octanol–water partition coefficient (Wildman–Crippen LogP) is 3.49. The van der Waals surface area contributed by atoms with Gasteiger partial charge in [-0.05, 0) is 17.7 Å². The van der Waals surface area contributed by atoms with Crippen molar-refractivity contribution < 1.29 is 9.63 Å². The van der Waals surface area contributed by atoms with E-state index in [4.69, 9.17) is 4.84 Å². The molecular formula is C21H19N3O2. The van der Waals surface area contributed by atoms with E-state index in [0.29, 0.717) is 12.4 Å². The molecule has 2 aromatic carbocycles. The van der Waals surface area contributed by atoms with E-state index in [1.54, 1.807) is 0 Å². The summed E-state index contributed by atoms with van der Waals surface area (Å²) < 4.78 is 0. The smallest absolute Gasteiger partial charge is 0.295 e. The van der Waals surface area contributed by atoms with Crippen LogP contribution in [0, 0.1) is 0 Å². The summed E-state index contributed by atoms with van der Waals surface area (Å²) in [5.41, 5.74) is 2.71. The fourth-order valence-electron chi connectivity index (χ4n) is 3.83. The van der Waals surface area contributed by atoms with Crippen LogP contribution in [0.5, 0.6) is 0 Å². The topological polar surface area (TPSA) is 48.6 Å². The van der Waals surface area contributed by atoms with Gasteiger partial charge < -0.3 is 4.98 Å². The Labute approximate surface area is 151 Å². The maximum atomic E-state index is 13.0. The Hall–Kier alpha value is -2.89. The number of hydroxylamine groups is 2. The molecule has 130 valence electrons. The summed E-state index contributed by atoms with van der Waals surface area (Å²) >= 11 is 0. The molecule has 2 bridgehead atoms. The molecule has 0 radical (unpaired) electrons. The first-order chi connectivity index (χ1) is 12.8. The van der Waals surface area contributed by atoms with Crippen molar-refractivity contribution >= 4 is 16.8 Å². The van der Waals surface area contributed by atoms with Crippen LogP contribution in [-0.2, 0) is 4.84 Å². The Morgan fingerprint density at radius 2 is 1.88 bits per heavy atom. The highest BCUT2D eigenvalue weighted by atomic mass is 16.7. The van der Waals surface area contributed by atoms with Gasteiger partial charge in [-0.3, -0.25) is 14.5 Å². The molecule has 2 aliphatic heterocycles. The van der Waals surface area contributed by atoms with Gasteiger partial charge in [-0.25, -0.2) is 5.06 Å². The molecule has 5 nitrogen and oxygen atoms in total. The molecule has 3 atom stereocenters. The number of aromatic amines is 1. The molecule has 1 saturated heterocycles. The third-order valence-electron chi connectivity index (χ3n) is 5.06. The number of aromatic nitrogens is 1. The van der Waals surface area contributed by atoms with Crippen LogP contribution in [0.2, 0.25) is 0 Å². The van der Waals surface area contributed by atoms with Crippen molar-refractivity contribution in [3.8, 4) is 0 Å². The van der Waals surface area contributed by atoms with Gasteiger partial charge in [0.15, 0.2) is 0 Å². The van der Waals surface area contributed by atoms with Crippen LogP contribution in [0.4, 0.5) is 0 Å². The van der Waals surface area contributed by atoms with E-state index in [1.807, 2.05) is 48.5 Å². The summed E-state index contributed by atoms with van der Waals surface area (Å²) in [6.07, 6.45) is 3.99. The molecule has 1 N–H and O–H groups in total. The van der Waals surface area contributed by atoms with E-state index in [9.17, 15) is 4.79 Å². The summed E-state index contributed by atoms with van der Waals surface area (Å²) in [5.74, 6) is -0.141. The van der Waals surface area contributed by atoms with Gasteiger partial charge in [-0.1, -0.05) is 60.7 Å². The number of para-hydroxylation sites is 1. The lowest BCUT2D eigenvalue weighted by atomic mass is 9.96. The molecule has 3 unspecified atom stereocenters. The number of hydrogen-bond acceptors (Lipinski definition) is 3. The highest BCUT2D eigenvalue weighted by Gasteiger charge is 2.39. The number of benzene rings is 2. The van der Waals surface area contributed by atoms with E-state index in [0.717, 1.165) is 17.4 Å². The molecule has 0 aliphatic carbocycles. The molecule has 5 heteroatoms. The monoisotopic (exact) mass is 345 g/mol. The lowest BCUT2D eigenvalue weighted by molar-refractivity contribution is -0.232. The molecular weight excluding hydrogens is 326 g/mol. The second-order valence-corrected chi connectivity index (χ2v) is 6.72. The van der Waals surface area contributed by atoms with Gasteiger partial charge in [-0.2, -0.15) is 0 Å². The number of hydrogen-bond donors (Lipinski definition) is 1. The van der Waals surface area contributed by atoms with Crippen molar-refractivity contribution in [2.24, 2.45) is 0 Å². The third-order valence-corrected chi connectivity index (χ3v) is 5.06. The fourth-order valence-corrected chi connectivity index (χ4v) is 3.83. The zero-order chi connectivity index (χ0) is 17.5. The number of carbonyl (C=O) groups excluding carboxylic acids is 1. The lowest BCUT2D eigenvalue weighted by Gasteiger charge is -2.46. The highest BCUT2D eigenvalue weighted by molar-refractivity contribution is 5.97. The van der Waals surface area contributed by atoms with Crippen molar-refractivity contribution in [2.45, 2.75) is 12.1 Å². The second kappa shape index (κ2) is 6.12. The van der Waals surface area contributed by atoms with E-state index in [-0.39, 0.29) is 18.1 Å². The first-order valence-corrected chi connectivity index (χ1v) is 8.82. The number of nitrogens with one attached hydrogen (secondary N) is 1. The van der Waals surface area contributed by atoms with Crippen molar-refractivity contribution in [3.63, 3.8) is 0 Å². The molecule has 1 aromatic heterocycles. The van der Waals surface area contributed by atoms with Gasteiger partial charge in [-0.15, -0.1) is 0 Å². The second-order valence-electron chi connectivity index (χ2n) is 6.72. The van der Waals surface area contributed by atoms with Crippen LogP contribution in [0.25, 0.3) is 10.9 Å². The molecule has 0 spiro atoms. The van der Waals surface area contributed by atoms with Gasteiger partial charge in [0.1, 0.15) is 18.5 Å². The molecule has 3 heterocycles. The Morgan fingerprint density at radius 3 is 2.69 bits per heavy atom. The predicted molar refractivity (Wildman–Crippen MR) is 99.2 cm³/mol. The molecule has 26 heavy (non-hydrogen) atoms. The van der Waals surface area contributed by atoms with Crippen molar-refractivity contribution in [2.75, 3.05) is 13.2 Å². The largest absolute Gasteiger partial charge is 0.350 e. The summed E-state index contributed by atoms with van der Waals surface area (Å²) in [7, 11) is 0. The van der Waals surface area contributed by atoms with Crippen LogP contribution >= 0.6 is 0 Å². The van der Waals surface area contributed by atoms with E-state index in [1.165, 1.54) is 10.6 Å². The Bertz CT molecular complexity index is 946. The average molecular weight is 345 g/mol. The normalized spacial score (nSPS) is 24.8. The SMILES string of the molecule is O=C(c1cc2ccccc2[nH]1)N1CN2CC=CC(O1)C2c1ccccc1. The molecule has 3 aromatic rings. The maximum absolute atomic E-state index is 13.0. The summed E-state index contributed by atoms with van der Waals surface area (Å²) in [4.78, 5) is 24.5. The standard InChI is InChI=1S/C21H19N3O2/c25-21(18-13-16-9-4-5-10-17(16)22-18)24-14-23-12-6-11-19(26-24)20(23)15-7-2-1-3-8-15/h1-11,13,19-20,22H,12,14H2. The van der Waals surface area contributed by atoms with Gasteiger partial charge in [0.25, 0.3) is 5.91 Å². The zero-order valence-electron chi connectivity index (χ0n) is 14.2. The van der Waals surface area contributed by atoms with E-state index in [2.05, 4.69) is 34.2 Å². The molecule has 1 amide bonds. The Kier molecular flexibility index (Phi) is 3.62. The minimum atomic E-state index is -0.173. The number of fused-ring (bicyclic) bond motifs is 3. The Morgan fingerprint density at radius 1 is 1.08 bits per heavy atom. The number of carbonyl (C=O) groups is 1. The number of nitrogens with zero attached hydrogens (tertiary/aromatic N) is 2. The molecule has 1 fully saturated rings. The number of rotatable bonds is 2. The number of amides is 1. The fraction of sp³-hybridized carbons (Fsp3) is 0.190. The van der Waals surface area contributed by atoms with Crippen LogP contribution in [-0.4, -0.2) is 40.2 Å². The first kappa shape index (κ1) is 15.4. The average Bonchev–Trinajstić information content (AvgIpc) is 3.11. The highest BCUT2D eigenvalue weighted by Crippen LogP contribution is 2.34. The minimum Gasteiger partial charge on any atom is -0.350 e. The lowest BCUT2D eigenvalue weighted by Crippen LogP contribution is -2.55. The van der Waals surface area contributed by atoms with Gasteiger partial charge >= 0.3 is 0 Å². The van der Waals surface area contributed by atoms with Crippen molar-refractivity contribution in [3.05, 3.63) is 84.1 Å². The van der Waals surface area contributed by atoms with Crippen LogP contribution in [0.15, 0.2) is 72.8 Å². The number of H-pyrrole nitrogens is 1. The zero-order valence-corrected chi connectivity index (χ0v) is 14.2. The van der Waals surface area contributed by atoms with Crippen molar-refractivity contribution in [1.29, 1.82) is 0 Å². The molecule has 0 saturated carbocycles. The van der Waals surface area contributed by atoms with Crippen LogP contribution < -0.4 is 0 Å². The van der Waals surface area contributed by atoms with Gasteiger partial charge in [0, 0.05) is 17.4 Å². The summed E-state index contributed by atoms with van der Waals surface area (Å²) in [6.45, 7) is 1.24. The van der Waals surface area contributed by atoms with Crippen LogP contribution in [0.1, 0.15) is 22.1 Å². The molecule has 2 aliphatic rings. The van der Waals surface area contributed by atoms with Crippen LogP contribution in [0.3, 0.4) is 0 Å². The van der Waals surface area contributed by atoms with Gasteiger partial charge in [0.05, 0.1) is 6.04 Å². The maximum Gasteiger partial charge on any atom is 0.295 e. The summed E-state index contributed by atoms with van der Waals surface area (Å²) in [6, 6.07) is 20.2. The molecule has 5 rings (SSSR count). The minimum absolute atomic E-state index is 0.132.